The Morgan fingerprint density at radius 2 is 1.59 bits per heavy atom. The van der Waals surface area contributed by atoms with Gasteiger partial charge in [0.2, 0.25) is 5.65 Å². The number of allylic oxidation sites excluding steroid dienone is 3. The third-order valence-corrected chi connectivity index (χ3v) is 22.0. The number of hydrogen-bond acceptors (Lipinski definition) is 9. The van der Waals surface area contributed by atoms with E-state index in [-0.39, 0.29) is 46.5 Å². The zero-order valence-electron chi connectivity index (χ0n) is 36.0. The summed E-state index contributed by atoms with van der Waals surface area (Å²) in [6.45, 7) is 33.0. The summed E-state index contributed by atoms with van der Waals surface area (Å²) in [5.41, 5.74) is 1.68. The SMILES string of the molecule is CCC(C)(C)C(=O)O[C@H]1C[C@@H](C)C=C2C=C[C@H](C)[C@H](CC[C@H](C[C@H](CC(=O)On3nnc4cccnc43)O[Si](C)(C)C(C)(C)C)O[Si](C)(C)C(C)(C)C)[C@H]21. The molecule has 0 spiro atoms. The van der Waals surface area contributed by atoms with Crippen LogP contribution in [0.2, 0.25) is 36.3 Å². The second kappa shape index (κ2) is 16.8. The summed E-state index contributed by atoms with van der Waals surface area (Å²) in [5, 5.41) is 8.05. The highest BCUT2D eigenvalue weighted by Gasteiger charge is 2.45. The predicted octanol–water partition coefficient (Wildman–Crippen LogP) is 9.88. The molecule has 0 unspecified atom stereocenters. The van der Waals surface area contributed by atoms with Gasteiger partial charge in [-0.3, -0.25) is 4.79 Å². The number of fused-ring (bicyclic) bond motifs is 2. The maximum Gasteiger partial charge on any atom is 0.337 e. The summed E-state index contributed by atoms with van der Waals surface area (Å²) in [6.07, 6.45) is 11.6. The molecular formula is C42H70N4O6Si2. The van der Waals surface area contributed by atoms with Crippen molar-refractivity contribution in [3.63, 3.8) is 0 Å². The standard InChI is InChI=1S/C42H70N4O6Si2/c1-16-42(10,11)39(48)49-35-25-28(2)24-30-20-19-29(3)33(37(30)35)22-21-31(51-53(12,13)40(4,5)6)26-32(52-54(14,15)41(7,8)9)27-36(47)50-46-38-34(44-45-46)18-17-23-43-38/h17-20,23-24,28-29,31-33,35,37H,16,21-22,25-27H2,1-15H3/t28-,29-,31+,32+,33-,35-,37-/m0/s1. The van der Waals surface area contributed by atoms with Gasteiger partial charge in [0.25, 0.3) is 0 Å². The van der Waals surface area contributed by atoms with Gasteiger partial charge in [0.05, 0.1) is 17.9 Å². The number of esters is 1. The van der Waals surface area contributed by atoms with Gasteiger partial charge in [-0.05, 0) is 128 Å². The second-order valence-corrected chi connectivity index (χ2v) is 29.3. The summed E-state index contributed by atoms with van der Waals surface area (Å²) in [7, 11) is -4.57. The van der Waals surface area contributed by atoms with E-state index in [0.717, 1.165) is 30.5 Å². The maximum absolute atomic E-state index is 13.7. The highest BCUT2D eigenvalue weighted by atomic mass is 28.4. The Balaban J connectivity index is 1.64. The molecule has 2 aromatic heterocycles. The van der Waals surface area contributed by atoms with Crippen molar-refractivity contribution >= 4 is 39.7 Å². The summed E-state index contributed by atoms with van der Waals surface area (Å²) < 4.78 is 20.8. The molecule has 2 aliphatic rings. The minimum absolute atomic E-state index is 0.0111. The van der Waals surface area contributed by atoms with E-state index in [4.69, 9.17) is 18.4 Å². The van der Waals surface area contributed by atoms with Crippen molar-refractivity contribution < 1.29 is 28.0 Å². The van der Waals surface area contributed by atoms with Crippen molar-refractivity contribution in [1.82, 2.24) is 20.1 Å². The molecule has 0 saturated heterocycles. The molecule has 10 nitrogen and oxygen atoms in total. The summed E-state index contributed by atoms with van der Waals surface area (Å²) >= 11 is 0. The molecule has 2 aliphatic carbocycles. The molecule has 0 aromatic carbocycles. The van der Waals surface area contributed by atoms with Crippen LogP contribution < -0.4 is 4.84 Å². The van der Waals surface area contributed by atoms with Crippen LogP contribution in [-0.4, -0.2) is 67.0 Å². The van der Waals surface area contributed by atoms with Gasteiger partial charge in [0, 0.05) is 18.2 Å². The van der Waals surface area contributed by atoms with Crippen LogP contribution in [0, 0.1) is 29.1 Å². The first kappa shape index (κ1) is 44.0. The summed E-state index contributed by atoms with van der Waals surface area (Å²) in [6, 6.07) is 3.55. The van der Waals surface area contributed by atoms with Gasteiger partial charge in [0.15, 0.2) is 16.6 Å². The lowest BCUT2D eigenvalue weighted by molar-refractivity contribution is -0.164. The van der Waals surface area contributed by atoms with Crippen molar-refractivity contribution in [1.29, 1.82) is 0 Å². The van der Waals surface area contributed by atoms with Crippen LogP contribution in [0.1, 0.15) is 115 Å². The highest BCUT2D eigenvalue weighted by Crippen LogP contribution is 2.47. The Kier molecular flexibility index (Phi) is 13.7. The lowest BCUT2D eigenvalue weighted by Crippen LogP contribution is -2.48. The monoisotopic (exact) mass is 782 g/mol. The van der Waals surface area contributed by atoms with Gasteiger partial charge in [-0.15, -0.1) is 5.10 Å². The fourth-order valence-corrected chi connectivity index (χ4v) is 9.81. The minimum Gasteiger partial charge on any atom is -0.461 e. The fourth-order valence-electron chi connectivity index (χ4n) is 7.05. The van der Waals surface area contributed by atoms with E-state index in [2.05, 4.69) is 115 Å². The smallest absolute Gasteiger partial charge is 0.337 e. The van der Waals surface area contributed by atoms with Crippen molar-refractivity contribution in [2.75, 3.05) is 0 Å². The molecule has 12 heteroatoms. The van der Waals surface area contributed by atoms with Gasteiger partial charge in [-0.2, -0.15) is 0 Å². The molecule has 0 saturated carbocycles. The van der Waals surface area contributed by atoms with Crippen LogP contribution in [0.15, 0.2) is 42.1 Å². The van der Waals surface area contributed by atoms with Gasteiger partial charge in [0.1, 0.15) is 11.6 Å². The molecule has 302 valence electrons. The van der Waals surface area contributed by atoms with Crippen LogP contribution in [0.3, 0.4) is 0 Å². The Morgan fingerprint density at radius 1 is 0.963 bits per heavy atom. The Labute approximate surface area is 327 Å². The Bertz CT molecular complexity index is 1670. The molecule has 0 N–H and O–H groups in total. The number of ether oxygens (including phenoxy) is 1. The van der Waals surface area contributed by atoms with E-state index in [9.17, 15) is 9.59 Å². The number of pyridine rings is 1. The largest absolute Gasteiger partial charge is 0.461 e. The first-order valence-electron chi connectivity index (χ1n) is 20.2. The molecule has 0 radical (unpaired) electrons. The second-order valence-electron chi connectivity index (χ2n) is 19.8. The molecular weight excluding hydrogens is 713 g/mol. The zero-order valence-corrected chi connectivity index (χ0v) is 38.0. The molecule has 7 atom stereocenters. The van der Waals surface area contributed by atoms with Gasteiger partial charge in [-0.1, -0.05) is 80.5 Å². The third kappa shape index (κ3) is 10.6. The first-order valence-corrected chi connectivity index (χ1v) is 26.0. The summed E-state index contributed by atoms with van der Waals surface area (Å²) in [5.74, 6) is 0.433. The Morgan fingerprint density at radius 3 is 2.20 bits per heavy atom. The number of hydrogen-bond donors (Lipinski definition) is 0. The Hall–Kier alpha value is -2.68. The number of carbonyl (C=O) groups is 2. The van der Waals surface area contributed by atoms with E-state index < -0.39 is 34.1 Å². The van der Waals surface area contributed by atoms with Gasteiger partial charge in [-0.25, -0.2) is 9.78 Å². The van der Waals surface area contributed by atoms with Crippen LogP contribution >= 0.6 is 0 Å². The summed E-state index contributed by atoms with van der Waals surface area (Å²) in [4.78, 5) is 38.3. The van der Waals surface area contributed by atoms with E-state index in [1.54, 1.807) is 18.3 Å². The van der Waals surface area contributed by atoms with E-state index in [0.29, 0.717) is 29.4 Å². The number of nitrogens with zero attached hydrogens (tertiary/aromatic N) is 4. The molecule has 2 aromatic rings. The molecule has 2 heterocycles. The normalized spacial score (nSPS) is 23.8. The average molecular weight is 783 g/mol. The maximum atomic E-state index is 13.7. The third-order valence-electron chi connectivity index (χ3n) is 12.9. The van der Waals surface area contributed by atoms with Crippen LogP contribution in [0.25, 0.3) is 11.2 Å². The van der Waals surface area contributed by atoms with Crippen molar-refractivity contribution in [3.8, 4) is 0 Å². The van der Waals surface area contributed by atoms with E-state index in [1.165, 1.54) is 5.57 Å². The van der Waals surface area contributed by atoms with Gasteiger partial charge >= 0.3 is 11.9 Å². The lowest BCUT2D eigenvalue weighted by Gasteiger charge is -2.45. The zero-order chi connectivity index (χ0) is 40.4. The van der Waals surface area contributed by atoms with Crippen LogP contribution in [-0.2, 0) is 23.2 Å². The molecule has 4 rings (SSSR count). The predicted molar refractivity (Wildman–Crippen MR) is 221 cm³/mol. The van der Waals surface area contributed by atoms with Gasteiger partial charge < -0.3 is 18.4 Å². The quantitative estimate of drug-likeness (QED) is 0.0990. The molecule has 0 fully saturated rings. The van der Waals surface area contributed by atoms with Crippen LogP contribution in [0.4, 0.5) is 0 Å². The minimum atomic E-state index is -2.32. The lowest BCUT2D eigenvalue weighted by atomic mass is 9.65. The van der Waals surface area contributed by atoms with E-state index in [1.807, 2.05) is 20.8 Å². The fraction of sp³-hybridized carbons (Fsp3) is 0.738. The molecule has 0 amide bonds. The van der Waals surface area contributed by atoms with Crippen molar-refractivity contribution in [2.24, 2.45) is 29.1 Å². The van der Waals surface area contributed by atoms with Crippen molar-refractivity contribution in [2.45, 2.75) is 169 Å². The molecule has 0 aliphatic heterocycles. The first-order chi connectivity index (χ1) is 24.8. The number of rotatable bonds is 15. The molecule has 54 heavy (non-hydrogen) atoms. The number of carbonyl (C=O) groups excluding carboxylic acids is 2. The topological polar surface area (TPSA) is 115 Å². The van der Waals surface area contributed by atoms with Crippen molar-refractivity contribution in [3.05, 3.63) is 42.1 Å². The van der Waals surface area contributed by atoms with E-state index >= 15 is 0 Å². The van der Waals surface area contributed by atoms with Crippen LogP contribution in [0.5, 0.6) is 0 Å². The highest BCUT2D eigenvalue weighted by molar-refractivity contribution is 6.74. The molecule has 0 bridgehead atoms. The number of aromatic nitrogens is 4. The average Bonchev–Trinajstić information content (AvgIpc) is 3.45.